The van der Waals surface area contributed by atoms with Crippen molar-refractivity contribution in [3.05, 3.63) is 71.8 Å². The Bertz CT molecular complexity index is 544. The van der Waals surface area contributed by atoms with Crippen molar-refractivity contribution in [1.82, 2.24) is 5.48 Å². The monoisotopic (exact) mass is 288 g/mol. The van der Waals surface area contributed by atoms with Crippen LogP contribution in [0.3, 0.4) is 0 Å². The lowest BCUT2D eigenvalue weighted by molar-refractivity contribution is 0.0537. The van der Waals surface area contributed by atoms with E-state index in [-0.39, 0.29) is 5.91 Å². The van der Waals surface area contributed by atoms with E-state index < -0.39 is 0 Å². The average molecular weight is 288 g/mol. The van der Waals surface area contributed by atoms with Gasteiger partial charge in [0, 0.05) is 11.1 Å². The van der Waals surface area contributed by atoms with Crippen LogP contribution in [0.5, 0.6) is 0 Å². The molecule has 104 valence electrons. The van der Waals surface area contributed by atoms with Crippen molar-refractivity contribution in [1.29, 1.82) is 0 Å². The number of hydroxylamine groups is 1. The molecule has 0 saturated carbocycles. The molecule has 0 unspecified atom stereocenters. The average Bonchev–Trinajstić information content (AvgIpc) is 2.50. The predicted octanol–water partition coefficient (Wildman–Crippen LogP) is 2.30. The molecule has 0 aliphatic carbocycles. The quantitative estimate of drug-likeness (QED) is 0.672. The fourth-order valence-electron chi connectivity index (χ4n) is 1.34. The second-order valence-electron chi connectivity index (χ2n) is 3.73. The van der Waals surface area contributed by atoms with Crippen LogP contribution in [0.25, 0.3) is 0 Å². The highest BCUT2D eigenvalue weighted by Gasteiger charge is 2.00. The number of rotatable bonds is 3. The maximum Gasteiger partial charge on any atom is 0.274 e. The van der Waals surface area contributed by atoms with Gasteiger partial charge in [0.1, 0.15) is 4.99 Å². The van der Waals surface area contributed by atoms with Crippen LogP contribution in [0.2, 0.25) is 0 Å². The number of carbonyl (C=O) groups is 1. The Hall–Kier alpha value is -2.24. The Morgan fingerprint density at radius 1 is 1.00 bits per heavy atom. The molecule has 0 fully saturated rings. The molecule has 20 heavy (non-hydrogen) atoms. The van der Waals surface area contributed by atoms with Gasteiger partial charge in [-0.25, -0.2) is 5.48 Å². The third-order valence-electron chi connectivity index (χ3n) is 2.29. The smallest absolute Gasteiger partial charge is 0.274 e. The fraction of sp³-hybridized carbons (Fsp3) is 0.0667. The van der Waals surface area contributed by atoms with Crippen LogP contribution in [-0.2, 0) is 4.84 Å². The highest BCUT2D eigenvalue weighted by molar-refractivity contribution is 7.80. The number of carbonyl (C=O) groups excluding carboxylic acids is 1. The van der Waals surface area contributed by atoms with Crippen LogP contribution in [0, 0.1) is 0 Å². The van der Waals surface area contributed by atoms with Crippen LogP contribution < -0.4 is 11.2 Å². The van der Waals surface area contributed by atoms with Gasteiger partial charge in [0.15, 0.2) is 0 Å². The van der Waals surface area contributed by atoms with E-state index in [0.717, 1.165) is 5.56 Å². The molecule has 0 atom stereocenters. The normalized spacial score (nSPS) is 9.05. The SMILES string of the molecule is CONC(=O)c1ccccc1.NC(=S)c1ccccc1. The summed E-state index contributed by atoms with van der Waals surface area (Å²) in [4.78, 5) is 15.9. The lowest BCUT2D eigenvalue weighted by Crippen LogP contribution is -2.21. The molecular formula is C15H16N2O2S. The summed E-state index contributed by atoms with van der Waals surface area (Å²) in [5, 5.41) is 0. The van der Waals surface area contributed by atoms with E-state index in [1.165, 1.54) is 7.11 Å². The second kappa shape index (κ2) is 8.79. The molecule has 0 spiro atoms. The van der Waals surface area contributed by atoms with Crippen molar-refractivity contribution >= 4 is 23.1 Å². The third kappa shape index (κ3) is 5.60. The molecule has 0 heterocycles. The molecule has 5 heteroatoms. The molecule has 0 radical (unpaired) electrons. The zero-order chi connectivity index (χ0) is 14.8. The summed E-state index contributed by atoms with van der Waals surface area (Å²) >= 11 is 4.74. The first-order valence-corrected chi connectivity index (χ1v) is 6.29. The predicted molar refractivity (Wildman–Crippen MR) is 83.2 cm³/mol. The number of hydrogen-bond acceptors (Lipinski definition) is 3. The Kier molecular flexibility index (Phi) is 6.95. The number of amides is 1. The Morgan fingerprint density at radius 2 is 1.45 bits per heavy atom. The Labute approximate surface area is 123 Å². The lowest BCUT2D eigenvalue weighted by Gasteiger charge is -1.99. The summed E-state index contributed by atoms with van der Waals surface area (Å²) in [5.74, 6) is -0.229. The Balaban J connectivity index is 0.000000204. The van der Waals surface area contributed by atoms with E-state index in [2.05, 4.69) is 10.3 Å². The van der Waals surface area contributed by atoms with Gasteiger partial charge < -0.3 is 5.73 Å². The standard InChI is InChI=1S/C8H9NO2.C7H7NS/c1-11-9-8(10)7-5-3-2-4-6-7;8-7(9)6-4-2-1-3-5-6/h2-6H,1H3,(H,9,10);1-5H,(H2,8,9). The van der Waals surface area contributed by atoms with E-state index in [4.69, 9.17) is 18.0 Å². The van der Waals surface area contributed by atoms with Crippen molar-refractivity contribution in [2.24, 2.45) is 5.73 Å². The third-order valence-corrected chi connectivity index (χ3v) is 2.52. The van der Waals surface area contributed by atoms with E-state index >= 15 is 0 Å². The first-order chi connectivity index (χ1) is 9.65. The molecule has 3 N–H and O–H groups in total. The molecule has 0 bridgehead atoms. The van der Waals surface area contributed by atoms with Crippen molar-refractivity contribution in [2.75, 3.05) is 7.11 Å². The van der Waals surface area contributed by atoms with E-state index in [1.54, 1.807) is 24.3 Å². The largest absolute Gasteiger partial charge is 0.389 e. The number of nitrogens with two attached hydrogens (primary N) is 1. The molecule has 0 aliphatic rings. The van der Waals surface area contributed by atoms with Crippen LogP contribution in [0.15, 0.2) is 60.7 Å². The molecule has 2 aromatic carbocycles. The lowest BCUT2D eigenvalue weighted by atomic mass is 10.2. The van der Waals surface area contributed by atoms with E-state index in [0.29, 0.717) is 10.6 Å². The van der Waals surface area contributed by atoms with Gasteiger partial charge in [-0.1, -0.05) is 60.7 Å². The zero-order valence-corrected chi connectivity index (χ0v) is 11.9. The van der Waals surface area contributed by atoms with Crippen LogP contribution in [0.1, 0.15) is 15.9 Å². The van der Waals surface area contributed by atoms with Crippen molar-refractivity contribution in [2.45, 2.75) is 0 Å². The Morgan fingerprint density at radius 3 is 1.80 bits per heavy atom. The molecule has 4 nitrogen and oxygen atoms in total. The summed E-state index contributed by atoms with van der Waals surface area (Å²) < 4.78 is 0. The van der Waals surface area contributed by atoms with Crippen molar-refractivity contribution in [3.63, 3.8) is 0 Å². The number of nitrogens with one attached hydrogen (secondary N) is 1. The minimum atomic E-state index is -0.229. The molecule has 0 aliphatic heterocycles. The maximum atomic E-state index is 11.0. The van der Waals surface area contributed by atoms with Gasteiger partial charge in [-0.15, -0.1) is 0 Å². The van der Waals surface area contributed by atoms with Crippen molar-refractivity contribution < 1.29 is 9.63 Å². The molecular weight excluding hydrogens is 272 g/mol. The van der Waals surface area contributed by atoms with Crippen LogP contribution >= 0.6 is 12.2 Å². The van der Waals surface area contributed by atoms with Gasteiger partial charge in [0.25, 0.3) is 5.91 Å². The fourth-order valence-corrected chi connectivity index (χ4v) is 1.48. The minimum Gasteiger partial charge on any atom is -0.389 e. The first kappa shape index (κ1) is 15.8. The zero-order valence-electron chi connectivity index (χ0n) is 11.1. The highest BCUT2D eigenvalue weighted by atomic mass is 32.1. The summed E-state index contributed by atoms with van der Waals surface area (Å²) in [6.07, 6.45) is 0. The molecule has 1 amide bonds. The summed E-state index contributed by atoms with van der Waals surface area (Å²) in [7, 11) is 1.40. The highest BCUT2D eigenvalue weighted by Crippen LogP contribution is 1.97. The van der Waals surface area contributed by atoms with Gasteiger partial charge in [-0.05, 0) is 12.1 Å². The van der Waals surface area contributed by atoms with Gasteiger partial charge in [0.2, 0.25) is 0 Å². The number of thiocarbonyl (C=S) groups is 1. The van der Waals surface area contributed by atoms with Gasteiger partial charge >= 0.3 is 0 Å². The molecule has 0 aromatic heterocycles. The summed E-state index contributed by atoms with van der Waals surface area (Å²) in [6.45, 7) is 0. The van der Waals surface area contributed by atoms with Crippen LogP contribution in [0.4, 0.5) is 0 Å². The topological polar surface area (TPSA) is 64.3 Å². The molecule has 2 aromatic rings. The van der Waals surface area contributed by atoms with Gasteiger partial charge in [0.05, 0.1) is 7.11 Å². The maximum absolute atomic E-state index is 11.0. The summed E-state index contributed by atoms with van der Waals surface area (Å²) in [6, 6.07) is 18.4. The molecule has 2 rings (SSSR count). The minimum absolute atomic E-state index is 0.229. The van der Waals surface area contributed by atoms with Gasteiger partial charge in [-0.3, -0.25) is 9.63 Å². The molecule has 0 saturated heterocycles. The number of hydrogen-bond donors (Lipinski definition) is 2. The van der Waals surface area contributed by atoms with E-state index in [9.17, 15) is 4.79 Å². The van der Waals surface area contributed by atoms with E-state index in [1.807, 2.05) is 36.4 Å². The first-order valence-electron chi connectivity index (χ1n) is 5.88. The number of benzene rings is 2. The van der Waals surface area contributed by atoms with Gasteiger partial charge in [-0.2, -0.15) is 0 Å². The summed E-state index contributed by atoms with van der Waals surface area (Å²) in [5.41, 5.74) is 9.08. The van der Waals surface area contributed by atoms with Crippen molar-refractivity contribution in [3.8, 4) is 0 Å². The second-order valence-corrected chi connectivity index (χ2v) is 4.17. The van der Waals surface area contributed by atoms with Crippen LogP contribution in [-0.4, -0.2) is 18.0 Å².